The van der Waals surface area contributed by atoms with Crippen LogP contribution in [0.25, 0.3) is 21.5 Å². The highest BCUT2D eigenvalue weighted by atomic mass is 32.1. The SMILES string of the molecule is CCn1c(CNC(=O)c2ccc(-c3ccc4c(c3)OCCO4)s2)nc2ccccc21. The Labute approximate surface area is 178 Å². The maximum Gasteiger partial charge on any atom is 0.261 e. The topological polar surface area (TPSA) is 65.4 Å². The molecule has 2 aromatic heterocycles. The van der Waals surface area contributed by atoms with Crippen molar-refractivity contribution < 1.29 is 14.3 Å². The summed E-state index contributed by atoms with van der Waals surface area (Å²) in [6.45, 7) is 4.40. The van der Waals surface area contributed by atoms with Crippen molar-refractivity contribution in [2.24, 2.45) is 0 Å². The number of para-hydroxylation sites is 2. The van der Waals surface area contributed by atoms with Crippen LogP contribution in [0.3, 0.4) is 0 Å². The molecule has 30 heavy (non-hydrogen) atoms. The van der Waals surface area contributed by atoms with Crippen LogP contribution in [0, 0.1) is 0 Å². The molecule has 0 aliphatic carbocycles. The van der Waals surface area contributed by atoms with E-state index in [1.54, 1.807) is 0 Å². The fourth-order valence-electron chi connectivity index (χ4n) is 3.67. The number of ether oxygens (including phenoxy) is 2. The lowest BCUT2D eigenvalue weighted by Gasteiger charge is -2.18. The molecule has 1 aliphatic rings. The highest BCUT2D eigenvalue weighted by Crippen LogP contribution is 2.36. The van der Waals surface area contributed by atoms with Crippen molar-refractivity contribution in [2.45, 2.75) is 20.0 Å². The first kappa shape index (κ1) is 18.7. The van der Waals surface area contributed by atoms with E-state index in [4.69, 9.17) is 9.47 Å². The molecule has 2 aromatic carbocycles. The van der Waals surface area contributed by atoms with Gasteiger partial charge in [0.05, 0.1) is 22.5 Å². The highest BCUT2D eigenvalue weighted by molar-refractivity contribution is 7.17. The molecule has 0 bridgehead atoms. The van der Waals surface area contributed by atoms with Crippen molar-refractivity contribution in [3.05, 3.63) is 65.3 Å². The Hall–Kier alpha value is -3.32. The van der Waals surface area contributed by atoms with E-state index in [1.807, 2.05) is 48.5 Å². The summed E-state index contributed by atoms with van der Waals surface area (Å²) in [7, 11) is 0. The molecule has 152 valence electrons. The van der Waals surface area contributed by atoms with Crippen molar-refractivity contribution in [1.82, 2.24) is 14.9 Å². The summed E-state index contributed by atoms with van der Waals surface area (Å²) >= 11 is 1.46. The molecule has 0 unspecified atom stereocenters. The molecule has 1 aliphatic heterocycles. The fourth-order valence-corrected chi connectivity index (χ4v) is 4.59. The van der Waals surface area contributed by atoms with Gasteiger partial charge in [-0.3, -0.25) is 4.79 Å². The molecule has 3 heterocycles. The summed E-state index contributed by atoms with van der Waals surface area (Å²) in [5.74, 6) is 2.27. The van der Waals surface area contributed by atoms with Crippen molar-refractivity contribution in [3.63, 3.8) is 0 Å². The van der Waals surface area contributed by atoms with Gasteiger partial charge in [-0.2, -0.15) is 0 Å². The maximum absolute atomic E-state index is 12.7. The Morgan fingerprint density at radius 3 is 2.80 bits per heavy atom. The summed E-state index contributed by atoms with van der Waals surface area (Å²) in [6, 6.07) is 17.7. The number of aromatic nitrogens is 2. The number of amides is 1. The number of carbonyl (C=O) groups excluding carboxylic acids is 1. The van der Waals surface area contributed by atoms with Crippen molar-refractivity contribution in [2.75, 3.05) is 13.2 Å². The lowest BCUT2D eigenvalue weighted by molar-refractivity contribution is 0.0953. The molecule has 0 saturated carbocycles. The van der Waals surface area contributed by atoms with E-state index in [2.05, 4.69) is 27.9 Å². The molecular formula is C23H21N3O3S. The number of imidazole rings is 1. The Bertz CT molecular complexity index is 1230. The van der Waals surface area contributed by atoms with Gasteiger partial charge in [-0.05, 0) is 55.0 Å². The van der Waals surface area contributed by atoms with E-state index in [-0.39, 0.29) is 5.91 Å². The standard InChI is InChI=1S/C23H21N3O3S/c1-2-26-17-6-4-3-5-16(17)25-22(26)14-24-23(27)21-10-9-20(30-21)15-7-8-18-19(13-15)29-12-11-28-18/h3-10,13H,2,11-12,14H2,1H3,(H,24,27). The van der Waals surface area contributed by atoms with Crippen LogP contribution in [-0.4, -0.2) is 28.7 Å². The normalized spacial score (nSPS) is 12.8. The number of hydrogen-bond donors (Lipinski definition) is 1. The molecule has 7 heteroatoms. The lowest BCUT2D eigenvalue weighted by Crippen LogP contribution is -2.23. The minimum absolute atomic E-state index is 0.0986. The van der Waals surface area contributed by atoms with E-state index in [1.165, 1.54) is 11.3 Å². The van der Waals surface area contributed by atoms with Gasteiger partial charge in [0.25, 0.3) is 5.91 Å². The third-order valence-corrected chi connectivity index (χ3v) is 6.25. The fraction of sp³-hybridized carbons (Fsp3) is 0.217. The molecule has 4 aromatic rings. The van der Waals surface area contributed by atoms with Crippen LogP contribution in [0.2, 0.25) is 0 Å². The van der Waals surface area contributed by atoms with Crippen LogP contribution < -0.4 is 14.8 Å². The molecule has 0 radical (unpaired) electrons. The van der Waals surface area contributed by atoms with E-state index < -0.39 is 0 Å². The van der Waals surface area contributed by atoms with Crippen LogP contribution in [0.5, 0.6) is 11.5 Å². The molecule has 5 rings (SSSR count). The van der Waals surface area contributed by atoms with E-state index in [0.717, 1.165) is 45.3 Å². The lowest BCUT2D eigenvalue weighted by atomic mass is 10.1. The van der Waals surface area contributed by atoms with E-state index >= 15 is 0 Å². The Morgan fingerprint density at radius 2 is 1.93 bits per heavy atom. The smallest absolute Gasteiger partial charge is 0.261 e. The predicted octanol–water partition coefficient (Wildman–Crippen LogP) is 4.49. The summed E-state index contributed by atoms with van der Waals surface area (Å²) in [5.41, 5.74) is 3.04. The molecule has 0 fully saturated rings. The number of nitrogens with one attached hydrogen (secondary N) is 1. The minimum Gasteiger partial charge on any atom is -0.486 e. The van der Waals surface area contributed by atoms with Gasteiger partial charge in [-0.1, -0.05) is 12.1 Å². The van der Waals surface area contributed by atoms with Crippen LogP contribution in [0.1, 0.15) is 22.4 Å². The first-order valence-corrected chi connectivity index (χ1v) is 10.8. The van der Waals surface area contributed by atoms with Gasteiger partial charge in [0.2, 0.25) is 0 Å². The average molecular weight is 420 g/mol. The molecule has 0 atom stereocenters. The van der Waals surface area contributed by atoms with Crippen LogP contribution >= 0.6 is 11.3 Å². The number of aryl methyl sites for hydroxylation is 1. The second kappa shape index (κ2) is 7.84. The number of nitrogens with zero attached hydrogens (tertiary/aromatic N) is 2. The molecule has 1 amide bonds. The van der Waals surface area contributed by atoms with Gasteiger partial charge in [0.15, 0.2) is 11.5 Å². The first-order chi connectivity index (χ1) is 14.7. The number of benzene rings is 2. The first-order valence-electron chi connectivity index (χ1n) is 9.95. The zero-order chi connectivity index (χ0) is 20.5. The van der Waals surface area contributed by atoms with Gasteiger partial charge < -0.3 is 19.4 Å². The predicted molar refractivity (Wildman–Crippen MR) is 117 cm³/mol. The van der Waals surface area contributed by atoms with E-state index in [0.29, 0.717) is 24.6 Å². The molecule has 1 N–H and O–H groups in total. The zero-order valence-electron chi connectivity index (χ0n) is 16.6. The van der Waals surface area contributed by atoms with Gasteiger partial charge in [-0.15, -0.1) is 11.3 Å². The summed E-state index contributed by atoms with van der Waals surface area (Å²) in [5, 5.41) is 3.01. The number of rotatable bonds is 5. The van der Waals surface area contributed by atoms with Crippen LogP contribution in [0.15, 0.2) is 54.6 Å². The quantitative estimate of drug-likeness (QED) is 0.518. The second-order valence-electron chi connectivity index (χ2n) is 6.97. The van der Waals surface area contributed by atoms with E-state index in [9.17, 15) is 4.79 Å². The Kier molecular flexibility index (Phi) is 4.88. The number of hydrogen-bond acceptors (Lipinski definition) is 5. The van der Waals surface area contributed by atoms with Crippen molar-refractivity contribution in [3.8, 4) is 21.9 Å². The monoisotopic (exact) mass is 419 g/mol. The van der Waals surface area contributed by atoms with Gasteiger partial charge in [-0.25, -0.2) is 4.98 Å². The molecule has 6 nitrogen and oxygen atoms in total. The number of fused-ring (bicyclic) bond motifs is 2. The largest absolute Gasteiger partial charge is 0.486 e. The molecule has 0 spiro atoms. The second-order valence-corrected chi connectivity index (χ2v) is 8.05. The summed E-state index contributed by atoms with van der Waals surface area (Å²) in [6.07, 6.45) is 0. The minimum atomic E-state index is -0.0986. The highest BCUT2D eigenvalue weighted by Gasteiger charge is 2.16. The number of thiophene rings is 1. The Morgan fingerprint density at radius 1 is 1.10 bits per heavy atom. The number of carbonyl (C=O) groups is 1. The maximum atomic E-state index is 12.7. The Balaban J connectivity index is 1.32. The van der Waals surface area contributed by atoms with Crippen molar-refractivity contribution in [1.29, 1.82) is 0 Å². The van der Waals surface area contributed by atoms with Crippen LogP contribution in [0.4, 0.5) is 0 Å². The van der Waals surface area contributed by atoms with Gasteiger partial charge in [0, 0.05) is 11.4 Å². The van der Waals surface area contributed by atoms with Gasteiger partial charge in [0.1, 0.15) is 19.0 Å². The van der Waals surface area contributed by atoms with Crippen LogP contribution in [-0.2, 0) is 13.1 Å². The summed E-state index contributed by atoms with van der Waals surface area (Å²) < 4.78 is 13.4. The van der Waals surface area contributed by atoms with Crippen molar-refractivity contribution >= 4 is 28.3 Å². The zero-order valence-corrected chi connectivity index (χ0v) is 17.4. The average Bonchev–Trinajstić information content (AvgIpc) is 3.42. The molecular weight excluding hydrogens is 398 g/mol. The third-order valence-electron chi connectivity index (χ3n) is 5.11. The molecule has 0 saturated heterocycles. The van der Waals surface area contributed by atoms with Gasteiger partial charge >= 0.3 is 0 Å². The summed E-state index contributed by atoms with van der Waals surface area (Å²) in [4.78, 5) is 19.1. The third kappa shape index (κ3) is 3.41.